The van der Waals surface area contributed by atoms with Gasteiger partial charge in [-0.05, 0) is 20.8 Å². The quantitative estimate of drug-likeness (QED) is 0.793. The smallest absolute Gasteiger partial charge is 0.317 e. The second-order valence-corrected chi connectivity index (χ2v) is 5.36. The number of nitriles is 1. The van der Waals surface area contributed by atoms with Gasteiger partial charge in [0.05, 0.1) is 11.0 Å². The molecule has 2 atom stereocenters. The molecule has 8 heteroatoms. The van der Waals surface area contributed by atoms with Gasteiger partial charge in [0, 0.05) is 6.07 Å². The number of thioether (sulfide) groups is 1. The summed E-state index contributed by atoms with van der Waals surface area (Å²) in [5, 5.41) is 14.2. The summed E-state index contributed by atoms with van der Waals surface area (Å²) < 4.78 is 9.59. The Labute approximate surface area is 120 Å². The molecule has 7 nitrogen and oxygen atoms in total. The van der Waals surface area contributed by atoms with E-state index in [1.165, 1.54) is 6.92 Å². The van der Waals surface area contributed by atoms with Gasteiger partial charge in [0.25, 0.3) is 0 Å². The average Bonchev–Trinajstić information content (AvgIpc) is 2.81. The minimum atomic E-state index is -0.787. The predicted octanol–water partition coefficient (Wildman–Crippen LogP) is 1.50. The monoisotopic (exact) mass is 297 g/mol. The van der Waals surface area contributed by atoms with Crippen molar-refractivity contribution < 1.29 is 18.8 Å². The number of hydrogen-bond donors (Lipinski definition) is 1. The fourth-order valence-corrected chi connectivity index (χ4v) is 1.84. The van der Waals surface area contributed by atoms with E-state index in [-0.39, 0.29) is 11.7 Å². The largest absolute Gasteiger partial charge is 0.447 e. The molecule has 0 fully saturated rings. The standard InChI is InChI=1S/C12H15N3O4S/c1-7-4-10(15-19-7)14-12(17)9(3)20-6-11(16)18-8(2)5-13/h4,8-9H,6H2,1-3H3,(H,14,15,17)/t8-,9-/m0/s1. The zero-order valence-corrected chi connectivity index (χ0v) is 12.2. The molecule has 0 unspecified atom stereocenters. The molecule has 0 aliphatic rings. The Morgan fingerprint density at radius 3 is 2.85 bits per heavy atom. The maximum absolute atomic E-state index is 11.8. The van der Waals surface area contributed by atoms with Crippen LogP contribution < -0.4 is 5.32 Å². The lowest BCUT2D eigenvalue weighted by Crippen LogP contribution is -2.24. The summed E-state index contributed by atoms with van der Waals surface area (Å²) >= 11 is 1.12. The molecular formula is C12H15N3O4S. The van der Waals surface area contributed by atoms with Crippen LogP contribution in [0.2, 0.25) is 0 Å². The van der Waals surface area contributed by atoms with Crippen LogP contribution in [0.25, 0.3) is 0 Å². The Morgan fingerprint density at radius 1 is 1.60 bits per heavy atom. The van der Waals surface area contributed by atoms with E-state index >= 15 is 0 Å². The normalized spacial score (nSPS) is 13.1. The van der Waals surface area contributed by atoms with E-state index < -0.39 is 17.3 Å². The van der Waals surface area contributed by atoms with Crippen molar-refractivity contribution in [1.82, 2.24) is 5.16 Å². The summed E-state index contributed by atoms with van der Waals surface area (Å²) in [6.07, 6.45) is -0.787. The third-order valence-electron chi connectivity index (χ3n) is 2.19. The molecule has 1 amide bonds. The Bertz CT molecular complexity index is 523. The van der Waals surface area contributed by atoms with Crippen LogP contribution in [-0.4, -0.2) is 34.1 Å². The number of ether oxygens (including phenoxy) is 1. The van der Waals surface area contributed by atoms with Gasteiger partial charge in [-0.1, -0.05) is 5.16 Å². The Hall–Kier alpha value is -2.01. The minimum Gasteiger partial charge on any atom is -0.447 e. The molecule has 1 aromatic rings. The molecule has 0 saturated heterocycles. The van der Waals surface area contributed by atoms with E-state index in [0.717, 1.165) is 11.8 Å². The number of aromatic nitrogens is 1. The zero-order valence-electron chi connectivity index (χ0n) is 11.4. The first-order valence-electron chi connectivity index (χ1n) is 5.87. The third kappa shape index (κ3) is 5.32. The molecule has 0 bridgehead atoms. The van der Waals surface area contributed by atoms with Gasteiger partial charge in [0.2, 0.25) is 5.91 Å². The van der Waals surface area contributed by atoms with Crippen molar-refractivity contribution in [3.63, 3.8) is 0 Å². The first-order chi connectivity index (χ1) is 9.42. The van der Waals surface area contributed by atoms with Gasteiger partial charge in [-0.15, -0.1) is 11.8 Å². The topological polar surface area (TPSA) is 105 Å². The van der Waals surface area contributed by atoms with Gasteiger partial charge in [0.15, 0.2) is 11.9 Å². The highest BCUT2D eigenvalue weighted by atomic mass is 32.2. The summed E-state index contributed by atoms with van der Waals surface area (Å²) in [5.74, 6) is 0.110. The highest BCUT2D eigenvalue weighted by Crippen LogP contribution is 2.14. The van der Waals surface area contributed by atoms with Gasteiger partial charge >= 0.3 is 5.97 Å². The van der Waals surface area contributed by atoms with Crippen molar-refractivity contribution in [2.24, 2.45) is 0 Å². The van der Waals surface area contributed by atoms with Crippen LogP contribution in [0.3, 0.4) is 0 Å². The third-order valence-corrected chi connectivity index (χ3v) is 3.31. The van der Waals surface area contributed by atoms with Crippen LogP contribution >= 0.6 is 11.8 Å². The number of rotatable bonds is 6. The summed E-state index contributed by atoms with van der Waals surface area (Å²) in [5.41, 5.74) is 0. The van der Waals surface area contributed by atoms with E-state index in [9.17, 15) is 9.59 Å². The van der Waals surface area contributed by atoms with Crippen molar-refractivity contribution in [2.75, 3.05) is 11.1 Å². The second-order valence-electron chi connectivity index (χ2n) is 4.03. The van der Waals surface area contributed by atoms with Crippen molar-refractivity contribution in [3.8, 4) is 6.07 Å². The highest BCUT2D eigenvalue weighted by molar-refractivity contribution is 8.01. The zero-order chi connectivity index (χ0) is 15.1. The molecule has 0 radical (unpaired) electrons. The minimum absolute atomic E-state index is 0.00154. The Kier molecular flexibility index (Phi) is 6.06. The molecule has 0 aromatic carbocycles. The summed E-state index contributed by atoms with van der Waals surface area (Å²) in [7, 11) is 0. The fraction of sp³-hybridized carbons (Fsp3) is 0.500. The Morgan fingerprint density at radius 2 is 2.30 bits per heavy atom. The molecule has 1 aromatic heterocycles. The molecule has 1 rings (SSSR count). The van der Waals surface area contributed by atoms with Crippen LogP contribution in [0.1, 0.15) is 19.6 Å². The number of nitrogens with zero attached hydrogens (tertiary/aromatic N) is 2. The van der Waals surface area contributed by atoms with Crippen LogP contribution in [0.4, 0.5) is 5.82 Å². The molecule has 20 heavy (non-hydrogen) atoms. The van der Waals surface area contributed by atoms with E-state index in [2.05, 4.69) is 10.5 Å². The molecule has 0 aliphatic carbocycles. The summed E-state index contributed by atoms with van der Waals surface area (Å²) in [6.45, 7) is 4.85. The summed E-state index contributed by atoms with van der Waals surface area (Å²) in [4.78, 5) is 23.1. The maximum atomic E-state index is 11.8. The van der Waals surface area contributed by atoms with Crippen molar-refractivity contribution in [3.05, 3.63) is 11.8 Å². The predicted molar refractivity (Wildman–Crippen MR) is 73.0 cm³/mol. The lowest BCUT2D eigenvalue weighted by atomic mass is 10.4. The number of nitrogens with one attached hydrogen (secondary N) is 1. The first-order valence-corrected chi connectivity index (χ1v) is 6.92. The fourth-order valence-electron chi connectivity index (χ4n) is 1.18. The number of esters is 1. The van der Waals surface area contributed by atoms with Crippen molar-refractivity contribution in [1.29, 1.82) is 5.26 Å². The molecule has 1 heterocycles. The number of aryl methyl sites for hydroxylation is 1. The van der Waals surface area contributed by atoms with Crippen molar-refractivity contribution >= 4 is 29.5 Å². The molecule has 0 spiro atoms. The summed E-state index contributed by atoms with van der Waals surface area (Å²) in [6, 6.07) is 3.39. The molecular weight excluding hydrogens is 282 g/mol. The maximum Gasteiger partial charge on any atom is 0.317 e. The lowest BCUT2D eigenvalue weighted by molar-refractivity contribution is -0.142. The van der Waals surface area contributed by atoms with E-state index in [1.807, 2.05) is 0 Å². The number of amides is 1. The van der Waals surface area contributed by atoms with Gasteiger partial charge in [-0.2, -0.15) is 5.26 Å². The van der Waals surface area contributed by atoms with Gasteiger partial charge in [0.1, 0.15) is 11.8 Å². The second kappa shape index (κ2) is 7.55. The van der Waals surface area contributed by atoms with Gasteiger partial charge in [-0.25, -0.2) is 0 Å². The first kappa shape index (κ1) is 16.0. The molecule has 1 N–H and O–H groups in total. The molecule has 0 saturated carbocycles. The SMILES string of the molecule is Cc1cc(NC(=O)[C@H](C)SCC(=O)O[C@@H](C)C#N)no1. The number of carbonyl (C=O) groups excluding carboxylic acids is 2. The lowest BCUT2D eigenvalue weighted by Gasteiger charge is -2.10. The van der Waals surface area contributed by atoms with E-state index in [0.29, 0.717) is 11.6 Å². The van der Waals surface area contributed by atoms with Crippen LogP contribution in [0, 0.1) is 18.3 Å². The highest BCUT2D eigenvalue weighted by Gasteiger charge is 2.18. The van der Waals surface area contributed by atoms with Gasteiger partial charge < -0.3 is 14.6 Å². The van der Waals surface area contributed by atoms with Crippen LogP contribution in [0.15, 0.2) is 10.6 Å². The van der Waals surface area contributed by atoms with E-state index in [4.69, 9.17) is 14.5 Å². The Balaban J connectivity index is 2.35. The number of anilines is 1. The molecule has 108 valence electrons. The van der Waals surface area contributed by atoms with E-state index in [1.54, 1.807) is 26.0 Å². The van der Waals surface area contributed by atoms with Crippen LogP contribution in [-0.2, 0) is 14.3 Å². The number of hydrogen-bond acceptors (Lipinski definition) is 7. The van der Waals surface area contributed by atoms with Crippen molar-refractivity contribution in [2.45, 2.75) is 32.1 Å². The molecule has 0 aliphatic heterocycles. The van der Waals surface area contributed by atoms with Gasteiger partial charge in [-0.3, -0.25) is 9.59 Å². The average molecular weight is 297 g/mol. The number of carbonyl (C=O) groups is 2. The van der Waals surface area contributed by atoms with Crippen LogP contribution in [0.5, 0.6) is 0 Å².